The summed E-state index contributed by atoms with van der Waals surface area (Å²) in [6.45, 7) is 12.1. The van der Waals surface area contributed by atoms with Crippen LogP contribution in [0, 0.1) is 5.92 Å². The maximum atomic E-state index is 10.6. The van der Waals surface area contributed by atoms with Gasteiger partial charge in [0, 0.05) is 12.8 Å². The molecule has 17 heavy (non-hydrogen) atoms. The van der Waals surface area contributed by atoms with Crippen molar-refractivity contribution in [3.63, 3.8) is 0 Å². The van der Waals surface area contributed by atoms with Gasteiger partial charge in [0.25, 0.3) is 6.47 Å². The standard InChI is InChI=1S/C7H12O.C5H10O2.C2H6/c1-6-2-4-7(8)5-3-6;1-5(2,3)7-4-6;1-2/h6H,2-5H2,1H3;4H,1-3H3;1-2H3. The summed E-state index contributed by atoms with van der Waals surface area (Å²) in [5.41, 5.74) is -0.318. The third-order valence-electron chi connectivity index (χ3n) is 2.23. The molecular formula is C14H28O3. The average molecular weight is 244 g/mol. The Morgan fingerprint density at radius 2 is 1.59 bits per heavy atom. The number of ether oxygens (including phenoxy) is 1. The van der Waals surface area contributed by atoms with Crippen LogP contribution in [0.3, 0.4) is 0 Å². The van der Waals surface area contributed by atoms with Gasteiger partial charge in [0.05, 0.1) is 0 Å². The molecule has 0 radical (unpaired) electrons. The van der Waals surface area contributed by atoms with E-state index in [2.05, 4.69) is 11.7 Å². The Labute approximate surface area is 106 Å². The van der Waals surface area contributed by atoms with Gasteiger partial charge in [0.1, 0.15) is 11.4 Å². The lowest BCUT2D eigenvalue weighted by Gasteiger charge is -2.14. The average Bonchev–Trinajstić information content (AvgIpc) is 2.25. The van der Waals surface area contributed by atoms with Crippen LogP contribution in [-0.4, -0.2) is 17.9 Å². The highest BCUT2D eigenvalue weighted by Crippen LogP contribution is 2.19. The smallest absolute Gasteiger partial charge is 0.293 e. The molecule has 0 aliphatic heterocycles. The number of Topliss-reactive ketones (excluding diaryl/α,β-unsaturated/α-hetero) is 1. The molecule has 0 heterocycles. The molecule has 3 nitrogen and oxygen atoms in total. The molecule has 0 amide bonds. The lowest BCUT2D eigenvalue weighted by Crippen LogP contribution is -2.17. The highest BCUT2D eigenvalue weighted by molar-refractivity contribution is 5.78. The Bertz CT molecular complexity index is 194. The number of carbonyl (C=O) groups excluding carboxylic acids is 2. The van der Waals surface area contributed by atoms with Crippen molar-refractivity contribution in [2.75, 3.05) is 0 Å². The normalized spacial score (nSPS) is 16.0. The lowest BCUT2D eigenvalue weighted by molar-refractivity contribution is -0.138. The Hall–Kier alpha value is -0.860. The van der Waals surface area contributed by atoms with E-state index in [4.69, 9.17) is 0 Å². The maximum Gasteiger partial charge on any atom is 0.293 e. The number of ketones is 1. The Morgan fingerprint density at radius 1 is 1.18 bits per heavy atom. The van der Waals surface area contributed by atoms with Gasteiger partial charge < -0.3 is 4.74 Å². The summed E-state index contributed by atoms with van der Waals surface area (Å²) in [5, 5.41) is 0. The molecule has 1 fully saturated rings. The van der Waals surface area contributed by atoms with Crippen LogP contribution in [0.4, 0.5) is 0 Å². The molecule has 0 aromatic rings. The van der Waals surface area contributed by atoms with Gasteiger partial charge >= 0.3 is 0 Å². The van der Waals surface area contributed by atoms with Gasteiger partial charge in [-0.2, -0.15) is 0 Å². The van der Waals surface area contributed by atoms with Gasteiger partial charge in [-0.15, -0.1) is 0 Å². The molecular weight excluding hydrogens is 216 g/mol. The van der Waals surface area contributed by atoms with Crippen LogP contribution < -0.4 is 0 Å². The summed E-state index contributed by atoms with van der Waals surface area (Å²) in [7, 11) is 0. The second-order valence-electron chi connectivity index (χ2n) is 5.05. The molecule has 0 unspecified atom stereocenters. The fourth-order valence-electron chi connectivity index (χ4n) is 1.23. The van der Waals surface area contributed by atoms with E-state index in [-0.39, 0.29) is 5.60 Å². The summed E-state index contributed by atoms with van der Waals surface area (Å²) in [6.07, 6.45) is 3.92. The van der Waals surface area contributed by atoms with E-state index < -0.39 is 0 Å². The number of hydrogen-bond donors (Lipinski definition) is 0. The van der Waals surface area contributed by atoms with Crippen molar-refractivity contribution in [2.45, 2.75) is 72.8 Å². The van der Waals surface area contributed by atoms with Crippen LogP contribution >= 0.6 is 0 Å². The highest BCUT2D eigenvalue weighted by atomic mass is 16.5. The Morgan fingerprint density at radius 3 is 1.76 bits per heavy atom. The summed E-state index contributed by atoms with van der Waals surface area (Å²) in [5.74, 6) is 1.26. The van der Waals surface area contributed by atoms with Crippen LogP contribution in [0.25, 0.3) is 0 Å². The first-order valence-corrected chi connectivity index (χ1v) is 6.48. The van der Waals surface area contributed by atoms with Gasteiger partial charge in [-0.25, -0.2) is 0 Å². The molecule has 0 N–H and O–H groups in total. The molecule has 0 aromatic carbocycles. The second kappa shape index (κ2) is 10.3. The van der Waals surface area contributed by atoms with Crippen molar-refractivity contribution < 1.29 is 14.3 Å². The van der Waals surface area contributed by atoms with Gasteiger partial charge in [0.15, 0.2) is 0 Å². The minimum Gasteiger partial charge on any atom is -0.462 e. The molecule has 0 aromatic heterocycles. The largest absolute Gasteiger partial charge is 0.462 e. The molecule has 3 heteroatoms. The summed E-state index contributed by atoms with van der Waals surface area (Å²) < 4.78 is 4.55. The summed E-state index contributed by atoms with van der Waals surface area (Å²) in [6, 6.07) is 0. The second-order valence-corrected chi connectivity index (χ2v) is 5.05. The fourth-order valence-corrected chi connectivity index (χ4v) is 1.23. The minimum atomic E-state index is -0.318. The molecule has 0 spiro atoms. The van der Waals surface area contributed by atoms with E-state index in [0.29, 0.717) is 12.3 Å². The molecule has 102 valence electrons. The topological polar surface area (TPSA) is 43.4 Å². The van der Waals surface area contributed by atoms with Gasteiger partial charge in [0.2, 0.25) is 0 Å². The van der Waals surface area contributed by atoms with Crippen LogP contribution in [-0.2, 0) is 14.3 Å². The predicted octanol–water partition coefficient (Wildman–Crippen LogP) is 3.75. The zero-order chi connectivity index (χ0) is 13.9. The van der Waals surface area contributed by atoms with Crippen LogP contribution in [0.5, 0.6) is 0 Å². The summed E-state index contributed by atoms with van der Waals surface area (Å²) in [4.78, 5) is 20.2. The molecule has 1 aliphatic carbocycles. The van der Waals surface area contributed by atoms with Crippen molar-refractivity contribution in [3.05, 3.63) is 0 Å². The van der Waals surface area contributed by atoms with Crippen LogP contribution in [0.2, 0.25) is 0 Å². The van der Waals surface area contributed by atoms with Crippen molar-refractivity contribution in [3.8, 4) is 0 Å². The molecule has 0 saturated heterocycles. The van der Waals surface area contributed by atoms with Gasteiger partial charge in [-0.05, 0) is 39.5 Å². The summed E-state index contributed by atoms with van der Waals surface area (Å²) >= 11 is 0. The SMILES string of the molecule is CC.CC(C)(C)OC=O.CC1CCC(=O)CC1. The number of rotatable bonds is 1. The lowest BCUT2D eigenvalue weighted by atomic mass is 9.90. The minimum absolute atomic E-state index is 0.318. The Kier molecular flexibility index (Phi) is 11.2. The molecule has 1 saturated carbocycles. The molecule has 0 bridgehead atoms. The van der Waals surface area contributed by atoms with Crippen molar-refractivity contribution in [1.82, 2.24) is 0 Å². The van der Waals surface area contributed by atoms with Crippen molar-refractivity contribution in [1.29, 1.82) is 0 Å². The third kappa shape index (κ3) is 15.1. The number of hydrogen-bond acceptors (Lipinski definition) is 3. The highest BCUT2D eigenvalue weighted by Gasteiger charge is 2.13. The first-order chi connectivity index (χ1) is 7.85. The van der Waals surface area contributed by atoms with E-state index in [9.17, 15) is 9.59 Å². The van der Waals surface area contributed by atoms with Crippen molar-refractivity contribution in [2.24, 2.45) is 5.92 Å². The van der Waals surface area contributed by atoms with E-state index >= 15 is 0 Å². The zero-order valence-corrected chi connectivity index (χ0v) is 12.2. The first kappa shape index (κ1) is 18.5. The van der Waals surface area contributed by atoms with Crippen LogP contribution in [0.1, 0.15) is 67.2 Å². The Balaban J connectivity index is 0. The molecule has 1 aliphatic rings. The van der Waals surface area contributed by atoms with E-state index in [1.165, 1.54) is 0 Å². The van der Waals surface area contributed by atoms with Crippen LogP contribution in [0.15, 0.2) is 0 Å². The van der Waals surface area contributed by atoms with E-state index in [1.807, 2.05) is 34.6 Å². The van der Waals surface area contributed by atoms with E-state index in [0.717, 1.165) is 31.6 Å². The predicted molar refractivity (Wildman–Crippen MR) is 70.9 cm³/mol. The first-order valence-electron chi connectivity index (χ1n) is 6.48. The number of carbonyl (C=O) groups is 2. The van der Waals surface area contributed by atoms with Gasteiger partial charge in [-0.3, -0.25) is 9.59 Å². The third-order valence-corrected chi connectivity index (χ3v) is 2.23. The van der Waals surface area contributed by atoms with Gasteiger partial charge in [-0.1, -0.05) is 20.8 Å². The molecule has 1 rings (SSSR count). The molecule has 0 atom stereocenters. The van der Waals surface area contributed by atoms with Crippen molar-refractivity contribution >= 4 is 12.3 Å². The fraction of sp³-hybridized carbons (Fsp3) is 0.857. The zero-order valence-electron chi connectivity index (χ0n) is 12.2. The maximum absolute atomic E-state index is 10.6. The van der Waals surface area contributed by atoms with E-state index in [1.54, 1.807) is 0 Å². The monoisotopic (exact) mass is 244 g/mol. The quantitative estimate of drug-likeness (QED) is 0.660.